The number of anilines is 1. The second kappa shape index (κ2) is 6.00. The zero-order chi connectivity index (χ0) is 15.4. The minimum Gasteiger partial charge on any atom is -0.506 e. The molecule has 1 aromatic heterocycles. The summed E-state index contributed by atoms with van der Waals surface area (Å²) in [6.07, 6.45) is 1.51. The zero-order valence-electron chi connectivity index (χ0n) is 11.2. The van der Waals surface area contributed by atoms with Gasteiger partial charge in [-0.25, -0.2) is 9.59 Å². The highest BCUT2D eigenvalue weighted by Crippen LogP contribution is 2.24. The Morgan fingerprint density at radius 2 is 2.10 bits per heavy atom. The van der Waals surface area contributed by atoms with Crippen molar-refractivity contribution in [1.29, 1.82) is 0 Å². The molecule has 2 aromatic rings. The zero-order valence-corrected chi connectivity index (χ0v) is 11.2. The van der Waals surface area contributed by atoms with Crippen LogP contribution in [0.1, 0.15) is 16.1 Å². The predicted molar refractivity (Wildman–Crippen MR) is 74.3 cm³/mol. The summed E-state index contributed by atoms with van der Waals surface area (Å²) in [5.41, 5.74) is 0.0748. The fourth-order valence-electron chi connectivity index (χ4n) is 1.69. The van der Waals surface area contributed by atoms with E-state index in [0.29, 0.717) is 5.76 Å². The maximum atomic E-state index is 12.0. The van der Waals surface area contributed by atoms with Crippen LogP contribution in [0.15, 0.2) is 41.0 Å². The van der Waals surface area contributed by atoms with Crippen LogP contribution in [0.4, 0.5) is 10.5 Å². The Labute approximate surface area is 120 Å². The van der Waals surface area contributed by atoms with Gasteiger partial charge in [-0.15, -0.1) is 0 Å². The maximum absolute atomic E-state index is 12.0. The number of carboxylic acids is 1. The van der Waals surface area contributed by atoms with Crippen LogP contribution in [0.2, 0.25) is 0 Å². The van der Waals surface area contributed by atoms with Gasteiger partial charge in [0.2, 0.25) is 0 Å². The summed E-state index contributed by atoms with van der Waals surface area (Å²) in [6.45, 7) is 0.271. The summed E-state index contributed by atoms with van der Waals surface area (Å²) >= 11 is 0. The number of aromatic carboxylic acids is 1. The van der Waals surface area contributed by atoms with Gasteiger partial charge >= 0.3 is 12.0 Å². The highest BCUT2D eigenvalue weighted by atomic mass is 16.4. The molecule has 0 fully saturated rings. The Balaban J connectivity index is 2.03. The van der Waals surface area contributed by atoms with Crippen molar-refractivity contribution in [2.24, 2.45) is 0 Å². The summed E-state index contributed by atoms with van der Waals surface area (Å²) in [5.74, 6) is -0.842. The summed E-state index contributed by atoms with van der Waals surface area (Å²) in [4.78, 5) is 24.1. The van der Waals surface area contributed by atoms with Gasteiger partial charge < -0.3 is 24.8 Å². The average molecular weight is 290 g/mol. The number of phenolic OH excluding ortho intramolecular Hbond substituents is 1. The molecule has 0 unspecified atom stereocenters. The van der Waals surface area contributed by atoms with Crippen LogP contribution in [0.5, 0.6) is 5.75 Å². The van der Waals surface area contributed by atoms with E-state index in [4.69, 9.17) is 9.52 Å². The van der Waals surface area contributed by atoms with E-state index in [1.165, 1.54) is 23.3 Å². The van der Waals surface area contributed by atoms with Gasteiger partial charge in [0, 0.05) is 7.05 Å². The summed E-state index contributed by atoms with van der Waals surface area (Å²) < 4.78 is 5.13. The highest BCUT2D eigenvalue weighted by molar-refractivity contribution is 5.93. The Morgan fingerprint density at radius 3 is 2.67 bits per heavy atom. The second-order valence-electron chi connectivity index (χ2n) is 4.40. The summed E-state index contributed by atoms with van der Waals surface area (Å²) in [5, 5.41) is 21.0. The number of aromatic hydroxyl groups is 1. The van der Waals surface area contributed by atoms with Crippen molar-refractivity contribution in [3.05, 3.63) is 47.9 Å². The molecule has 0 spiro atoms. The molecular formula is C14H14N2O5. The molecule has 0 aliphatic rings. The van der Waals surface area contributed by atoms with Crippen LogP contribution in [0, 0.1) is 0 Å². The minimum absolute atomic E-state index is 0.0607. The van der Waals surface area contributed by atoms with E-state index in [9.17, 15) is 14.7 Å². The number of benzene rings is 1. The van der Waals surface area contributed by atoms with Crippen molar-refractivity contribution in [1.82, 2.24) is 4.90 Å². The van der Waals surface area contributed by atoms with Crippen molar-refractivity contribution in [2.45, 2.75) is 6.54 Å². The fraction of sp³-hybridized carbons (Fsp3) is 0.143. The average Bonchev–Trinajstić information content (AvgIpc) is 2.93. The first kappa shape index (κ1) is 14.4. The Morgan fingerprint density at radius 1 is 1.33 bits per heavy atom. The number of urea groups is 1. The van der Waals surface area contributed by atoms with Crippen LogP contribution in [0.25, 0.3) is 0 Å². The highest BCUT2D eigenvalue weighted by Gasteiger charge is 2.14. The summed E-state index contributed by atoms with van der Waals surface area (Å²) in [6, 6.07) is 6.71. The lowest BCUT2D eigenvalue weighted by molar-refractivity contribution is 0.0696. The molecule has 1 heterocycles. The van der Waals surface area contributed by atoms with Gasteiger partial charge in [0.05, 0.1) is 24.1 Å². The fourth-order valence-corrected chi connectivity index (χ4v) is 1.69. The van der Waals surface area contributed by atoms with E-state index in [2.05, 4.69) is 5.32 Å². The Hall–Kier alpha value is -2.96. The second-order valence-corrected chi connectivity index (χ2v) is 4.40. The van der Waals surface area contributed by atoms with Crippen LogP contribution in [-0.4, -0.2) is 34.2 Å². The van der Waals surface area contributed by atoms with E-state index >= 15 is 0 Å². The van der Waals surface area contributed by atoms with Crippen molar-refractivity contribution < 1.29 is 24.2 Å². The van der Waals surface area contributed by atoms with Crippen molar-refractivity contribution >= 4 is 17.7 Å². The smallest absolute Gasteiger partial charge is 0.335 e. The third-order valence-corrected chi connectivity index (χ3v) is 2.81. The van der Waals surface area contributed by atoms with E-state index in [-0.39, 0.29) is 23.5 Å². The molecule has 0 saturated carbocycles. The molecule has 0 saturated heterocycles. The largest absolute Gasteiger partial charge is 0.506 e. The monoisotopic (exact) mass is 290 g/mol. The number of carbonyl (C=O) groups excluding carboxylic acids is 1. The van der Waals surface area contributed by atoms with Gasteiger partial charge in [0.15, 0.2) is 0 Å². The summed E-state index contributed by atoms with van der Waals surface area (Å²) in [7, 11) is 1.57. The van der Waals surface area contributed by atoms with E-state index in [1.54, 1.807) is 19.2 Å². The molecule has 3 N–H and O–H groups in total. The van der Waals surface area contributed by atoms with Crippen LogP contribution in [0.3, 0.4) is 0 Å². The Kier molecular flexibility index (Phi) is 4.13. The topological polar surface area (TPSA) is 103 Å². The third-order valence-electron chi connectivity index (χ3n) is 2.81. The van der Waals surface area contributed by atoms with Crippen molar-refractivity contribution in [3.63, 3.8) is 0 Å². The van der Waals surface area contributed by atoms with Crippen LogP contribution >= 0.6 is 0 Å². The molecule has 0 radical (unpaired) electrons. The molecule has 1 aromatic carbocycles. The SMILES string of the molecule is CN(Cc1ccco1)C(=O)Nc1ccc(C(=O)O)cc1O. The third kappa shape index (κ3) is 3.53. The number of furan rings is 1. The first-order valence-electron chi connectivity index (χ1n) is 6.08. The molecule has 0 bridgehead atoms. The molecule has 0 atom stereocenters. The van der Waals surface area contributed by atoms with Crippen molar-refractivity contribution in [3.8, 4) is 5.75 Å². The van der Waals surface area contributed by atoms with Gasteiger partial charge in [-0.3, -0.25) is 0 Å². The Bertz CT molecular complexity index is 651. The van der Waals surface area contributed by atoms with E-state index in [1.807, 2.05) is 0 Å². The molecule has 2 amide bonds. The number of carbonyl (C=O) groups is 2. The van der Waals surface area contributed by atoms with Crippen LogP contribution in [-0.2, 0) is 6.54 Å². The lowest BCUT2D eigenvalue weighted by Crippen LogP contribution is -2.30. The molecule has 7 nitrogen and oxygen atoms in total. The molecule has 2 rings (SSSR count). The number of rotatable bonds is 4. The quantitative estimate of drug-likeness (QED) is 0.750. The van der Waals surface area contributed by atoms with Crippen molar-refractivity contribution in [2.75, 3.05) is 12.4 Å². The lowest BCUT2D eigenvalue weighted by Gasteiger charge is -2.17. The standard InChI is InChI=1S/C14H14N2O5/c1-16(8-10-3-2-6-21-10)14(20)15-11-5-4-9(13(18)19)7-12(11)17/h2-7,17H,8H2,1H3,(H,15,20)(H,18,19). The molecule has 0 aliphatic carbocycles. The number of amides is 2. The van der Waals surface area contributed by atoms with E-state index in [0.717, 1.165) is 6.07 Å². The van der Waals surface area contributed by atoms with Gasteiger partial charge in [0.1, 0.15) is 11.5 Å². The number of nitrogens with zero attached hydrogens (tertiary/aromatic N) is 1. The number of hydrogen-bond acceptors (Lipinski definition) is 4. The molecule has 21 heavy (non-hydrogen) atoms. The molecule has 0 aliphatic heterocycles. The van der Waals surface area contributed by atoms with Gasteiger partial charge in [-0.05, 0) is 30.3 Å². The van der Waals surface area contributed by atoms with Gasteiger partial charge in [0.25, 0.3) is 0 Å². The molecule has 7 heteroatoms. The van der Waals surface area contributed by atoms with Gasteiger partial charge in [-0.2, -0.15) is 0 Å². The number of hydrogen-bond donors (Lipinski definition) is 3. The number of nitrogens with one attached hydrogen (secondary N) is 1. The maximum Gasteiger partial charge on any atom is 0.335 e. The predicted octanol–water partition coefficient (Wildman–Crippen LogP) is 2.35. The first-order valence-corrected chi connectivity index (χ1v) is 6.08. The first-order chi connectivity index (χ1) is 9.97. The normalized spacial score (nSPS) is 10.1. The van der Waals surface area contributed by atoms with Crippen LogP contribution < -0.4 is 5.32 Å². The minimum atomic E-state index is -1.15. The molecule has 110 valence electrons. The lowest BCUT2D eigenvalue weighted by atomic mass is 10.2. The van der Waals surface area contributed by atoms with Gasteiger partial charge in [-0.1, -0.05) is 0 Å². The number of carboxylic acid groups (broad SMARTS) is 1. The number of phenols is 1. The van der Waals surface area contributed by atoms with E-state index < -0.39 is 12.0 Å². The molecular weight excluding hydrogens is 276 g/mol.